The smallest absolute Gasteiger partial charge is 0.146 e. The molecule has 1 N–H and O–H groups in total. The first-order chi connectivity index (χ1) is 8.11. The highest BCUT2D eigenvalue weighted by molar-refractivity contribution is 4.92. The molecule has 17 heavy (non-hydrogen) atoms. The number of aromatic nitrogens is 3. The Labute approximate surface area is 104 Å². The van der Waals surface area contributed by atoms with E-state index in [0.717, 1.165) is 24.7 Å². The Morgan fingerprint density at radius 1 is 1.24 bits per heavy atom. The van der Waals surface area contributed by atoms with Gasteiger partial charge in [-0.2, -0.15) is 0 Å². The van der Waals surface area contributed by atoms with Gasteiger partial charge in [-0.3, -0.25) is 0 Å². The normalized spacial score (nSPS) is 19.5. The molecule has 2 rings (SSSR count). The van der Waals surface area contributed by atoms with Gasteiger partial charge in [0.15, 0.2) is 0 Å². The molecule has 1 aliphatic rings. The number of aryl methyl sites for hydroxylation is 1. The molecule has 1 saturated carbocycles. The predicted octanol–water partition coefficient (Wildman–Crippen LogP) is 2.18. The van der Waals surface area contributed by atoms with E-state index in [1.54, 1.807) is 0 Å². The highest BCUT2D eigenvalue weighted by Gasteiger charge is 2.26. The molecular weight excluding hydrogens is 212 g/mol. The summed E-state index contributed by atoms with van der Waals surface area (Å²) in [4.78, 5) is 0. The zero-order chi connectivity index (χ0) is 12.3. The zero-order valence-corrected chi connectivity index (χ0v) is 11.3. The van der Waals surface area contributed by atoms with E-state index in [2.05, 4.69) is 27.0 Å². The Bertz CT molecular complexity index is 363. The van der Waals surface area contributed by atoms with Gasteiger partial charge in [0.2, 0.25) is 0 Å². The van der Waals surface area contributed by atoms with Gasteiger partial charge in [0.05, 0.1) is 6.54 Å². The van der Waals surface area contributed by atoms with Crippen molar-refractivity contribution in [1.29, 1.82) is 0 Å². The molecule has 0 aromatic carbocycles. The molecule has 1 heterocycles. The maximum Gasteiger partial charge on any atom is 0.146 e. The van der Waals surface area contributed by atoms with E-state index >= 15 is 0 Å². The first-order valence-electron chi connectivity index (χ1n) is 6.66. The summed E-state index contributed by atoms with van der Waals surface area (Å²) in [5.41, 5.74) is 0.492. The predicted molar refractivity (Wildman–Crippen MR) is 68.6 cm³/mol. The van der Waals surface area contributed by atoms with Crippen LogP contribution in [0.4, 0.5) is 0 Å². The zero-order valence-electron chi connectivity index (χ0n) is 11.3. The van der Waals surface area contributed by atoms with Crippen LogP contribution in [0.2, 0.25) is 0 Å². The Morgan fingerprint density at radius 2 is 1.94 bits per heavy atom. The van der Waals surface area contributed by atoms with Crippen molar-refractivity contribution < 1.29 is 0 Å². The molecule has 96 valence electrons. The number of rotatable bonds is 4. The van der Waals surface area contributed by atoms with Crippen LogP contribution in [0, 0.1) is 12.3 Å². The Kier molecular flexibility index (Phi) is 3.82. The van der Waals surface area contributed by atoms with Crippen LogP contribution in [0.5, 0.6) is 0 Å². The van der Waals surface area contributed by atoms with Crippen molar-refractivity contribution in [3.8, 4) is 0 Å². The first kappa shape index (κ1) is 12.6. The molecule has 0 radical (unpaired) electrons. The van der Waals surface area contributed by atoms with Gasteiger partial charge in [0, 0.05) is 13.6 Å². The van der Waals surface area contributed by atoms with Gasteiger partial charge in [0.25, 0.3) is 0 Å². The molecule has 0 spiro atoms. The van der Waals surface area contributed by atoms with Gasteiger partial charge in [-0.05, 0) is 25.2 Å². The maximum atomic E-state index is 4.17. The molecule has 0 aliphatic heterocycles. The second kappa shape index (κ2) is 5.17. The van der Waals surface area contributed by atoms with Crippen molar-refractivity contribution in [3.05, 3.63) is 11.6 Å². The fourth-order valence-electron chi connectivity index (χ4n) is 2.66. The van der Waals surface area contributed by atoms with Crippen LogP contribution in [0.25, 0.3) is 0 Å². The first-order valence-corrected chi connectivity index (χ1v) is 6.66. The molecule has 0 amide bonds. The lowest BCUT2D eigenvalue weighted by Crippen LogP contribution is -2.33. The van der Waals surface area contributed by atoms with E-state index in [0.29, 0.717) is 5.41 Å². The van der Waals surface area contributed by atoms with E-state index in [1.165, 1.54) is 32.1 Å². The van der Waals surface area contributed by atoms with Gasteiger partial charge in [0.1, 0.15) is 11.6 Å². The van der Waals surface area contributed by atoms with Crippen molar-refractivity contribution in [3.63, 3.8) is 0 Å². The summed E-state index contributed by atoms with van der Waals surface area (Å²) in [5.74, 6) is 2.01. The summed E-state index contributed by atoms with van der Waals surface area (Å²) in [6.07, 6.45) is 6.91. The summed E-state index contributed by atoms with van der Waals surface area (Å²) in [7, 11) is 2.02. The van der Waals surface area contributed by atoms with Gasteiger partial charge in [-0.1, -0.05) is 26.2 Å². The number of nitrogens with zero attached hydrogens (tertiary/aromatic N) is 3. The monoisotopic (exact) mass is 236 g/mol. The van der Waals surface area contributed by atoms with Crippen molar-refractivity contribution >= 4 is 0 Å². The van der Waals surface area contributed by atoms with Gasteiger partial charge < -0.3 is 9.88 Å². The minimum absolute atomic E-state index is 0.492. The Morgan fingerprint density at radius 3 is 2.53 bits per heavy atom. The summed E-state index contributed by atoms with van der Waals surface area (Å²) in [6, 6.07) is 0. The SMILES string of the molecule is Cc1nnc(CNCC2(C)CCCCC2)n1C. The van der Waals surface area contributed by atoms with Gasteiger partial charge >= 0.3 is 0 Å². The van der Waals surface area contributed by atoms with E-state index in [1.807, 2.05) is 14.0 Å². The summed E-state index contributed by atoms with van der Waals surface area (Å²) < 4.78 is 2.05. The van der Waals surface area contributed by atoms with Crippen molar-refractivity contribution in [2.45, 2.75) is 52.5 Å². The van der Waals surface area contributed by atoms with Crippen LogP contribution in [0.15, 0.2) is 0 Å². The lowest BCUT2D eigenvalue weighted by atomic mass is 9.76. The second-order valence-electron chi connectivity index (χ2n) is 5.70. The van der Waals surface area contributed by atoms with Crippen LogP contribution in [0.3, 0.4) is 0 Å². The summed E-state index contributed by atoms with van der Waals surface area (Å²) in [5, 5.41) is 11.8. The van der Waals surface area contributed by atoms with Crippen LogP contribution in [-0.2, 0) is 13.6 Å². The average Bonchev–Trinajstić information content (AvgIpc) is 2.62. The Balaban J connectivity index is 1.81. The van der Waals surface area contributed by atoms with Crippen LogP contribution >= 0.6 is 0 Å². The lowest BCUT2D eigenvalue weighted by molar-refractivity contribution is 0.207. The number of hydrogen-bond donors (Lipinski definition) is 1. The summed E-state index contributed by atoms with van der Waals surface area (Å²) >= 11 is 0. The fraction of sp³-hybridized carbons (Fsp3) is 0.846. The van der Waals surface area contributed by atoms with Crippen LogP contribution in [0.1, 0.15) is 50.7 Å². The average molecular weight is 236 g/mol. The highest BCUT2D eigenvalue weighted by atomic mass is 15.3. The molecule has 4 heteroatoms. The van der Waals surface area contributed by atoms with E-state index in [-0.39, 0.29) is 0 Å². The van der Waals surface area contributed by atoms with Crippen molar-refractivity contribution in [2.24, 2.45) is 12.5 Å². The van der Waals surface area contributed by atoms with Crippen molar-refractivity contribution in [2.75, 3.05) is 6.54 Å². The van der Waals surface area contributed by atoms with E-state index in [9.17, 15) is 0 Å². The fourth-order valence-corrected chi connectivity index (χ4v) is 2.66. The van der Waals surface area contributed by atoms with E-state index in [4.69, 9.17) is 0 Å². The van der Waals surface area contributed by atoms with Gasteiger partial charge in [-0.15, -0.1) is 10.2 Å². The molecule has 0 saturated heterocycles. The third kappa shape index (κ3) is 3.06. The number of hydrogen-bond acceptors (Lipinski definition) is 3. The number of nitrogens with one attached hydrogen (secondary N) is 1. The van der Waals surface area contributed by atoms with Gasteiger partial charge in [-0.25, -0.2) is 0 Å². The molecule has 1 fully saturated rings. The third-order valence-electron chi connectivity index (χ3n) is 4.08. The Hall–Kier alpha value is -0.900. The van der Waals surface area contributed by atoms with Crippen molar-refractivity contribution in [1.82, 2.24) is 20.1 Å². The summed E-state index contributed by atoms with van der Waals surface area (Å²) in [6.45, 7) is 6.31. The molecule has 1 aliphatic carbocycles. The van der Waals surface area contributed by atoms with Crippen LogP contribution < -0.4 is 5.32 Å². The third-order valence-corrected chi connectivity index (χ3v) is 4.08. The molecule has 0 bridgehead atoms. The lowest BCUT2D eigenvalue weighted by Gasteiger charge is -2.33. The molecule has 1 aromatic rings. The molecule has 0 unspecified atom stereocenters. The topological polar surface area (TPSA) is 42.7 Å². The van der Waals surface area contributed by atoms with Crippen LogP contribution in [-0.4, -0.2) is 21.3 Å². The highest BCUT2D eigenvalue weighted by Crippen LogP contribution is 2.34. The molecule has 4 nitrogen and oxygen atoms in total. The maximum absolute atomic E-state index is 4.17. The standard InChI is InChI=1S/C13H24N4/c1-11-15-16-12(17(11)3)9-14-10-13(2)7-5-4-6-8-13/h14H,4-10H2,1-3H3. The second-order valence-corrected chi connectivity index (χ2v) is 5.70. The van der Waals surface area contributed by atoms with E-state index < -0.39 is 0 Å². The quantitative estimate of drug-likeness (QED) is 0.871. The largest absolute Gasteiger partial charge is 0.317 e. The molecular formula is C13H24N4. The minimum Gasteiger partial charge on any atom is -0.317 e. The molecule has 0 atom stereocenters. The molecule has 1 aromatic heterocycles. The minimum atomic E-state index is 0.492.